The van der Waals surface area contributed by atoms with Crippen molar-refractivity contribution in [1.29, 1.82) is 0 Å². The van der Waals surface area contributed by atoms with E-state index in [9.17, 15) is 9.59 Å². The highest BCUT2D eigenvalue weighted by Gasteiger charge is 2.19. The zero-order chi connectivity index (χ0) is 13.0. The summed E-state index contributed by atoms with van der Waals surface area (Å²) in [7, 11) is 1.62. The molecule has 4 nitrogen and oxygen atoms in total. The van der Waals surface area contributed by atoms with Crippen molar-refractivity contribution >= 4 is 11.9 Å². The fourth-order valence-corrected chi connectivity index (χ4v) is 1.54. The molecule has 0 saturated heterocycles. The number of hydrogen-bond donors (Lipinski definition) is 1. The summed E-state index contributed by atoms with van der Waals surface area (Å²) in [5, 5.41) is 8.57. The average Bonchev–Trinajstić information content (AvgIpc) is 2.27. The van der Waals surface area contributed by atoms with E-state index in [-0.39, 0.29) is 11.9 Å². The maximum Gasteiger partial charge on any atom is 0.312 e. The van der Waals surface area contributed by atoms with E-state index >= 15 is 0 Å². The number of carbonyl (C=O) groups is 2. The zero-order valence-electron chi connectivity index (χ0n) is 10.3. The number of nitrogens with zero attached hydrogens (tertiary/aromatic N) is 1. The van der Waals surface area contributed by atoms with Crippen LogP contribution in [0.25, 0.3) is 0 Å². The van der Waals surface area contributed by atoms with Gasteiger partial charge in [-0.2, -0.15) is 0 Å². The number of carboxylic acid groups (broad SMARTS) is 1. The summed E-state index contributed by atoms with van der Waals surface area (Å²) in [6, 6.07) is 7.72. The molecule has 1 aromatic carbocycles. The first-order chi connectivity index (χ1) is 7.91. The van der Waals surface area contributed by atoms with Crippen molar-refractivity contribution in [3.63, 3.8) is 0 Å². The first-order valence-electron chi connectivity index (χ1n) is 5.46. The lowest BCUT2D eigenvalue weighted by Gasteiger charge is -2.25. The molecule has 0 aliphatic carbocycles. The van der Waals surface area contributed by atoms with Gasteiger partial charge in [0.2, 0.25) is 5.91 Å². The van der Waals surface area contributed by atoms with Crippen molar-refractivity contribution in [2.75, 3.05) is 7.05 Å². The minimum Gasteiger partial charge on any atom is -0.481 e. The summed E-state index contributed by atoms with van der Waals surface area (Å²) < 4.78 is 0. The SMILES string of the molecule is Cc1ccc(C(C)N(C)C(=O)CC(=O)O)cc1. The van der Waals surface area contributed by atoms with Crippen LogP contribution in [0.3, 0.4) is 0 Å². The van der Waals surface area contributed by atoms with Crippen LogP contribution in [0.5, 0.6) is 0 Å². The molecule has 0 radical (unpaired) electrons. The van der Waals surface area contributed by atoms with Crippen LogP contribution in [0.4, 0.5) is 0 Å². The molecule has 1 atom stereocenters. The topological polar surface area (TPSA) is 57.6 Å². The standard InChI is InChI=1S/C13H17NO3/c1-9-4-6-11(7-5-9)10(2)14(3)12(15)8-13(16)17/h4-7,10H,8H2,1-3H3,(H,16,17). The molecule has 0 fully saturated rings. The number of carbonyl (C=O) groups excluding carboxylic acids is 1. The Kier molecular flexibility index (Phi) is 4.26. The van der Waals surface area contributed by atoms with Crippen molar-refractivity contribution in [2.24, 2.45) is 0 Å². The molecule has 1 N–H and O–H groups in total. The van der Waals surface area contributed by atoms with Gasteiger partial charge in [0.05, 0.1) is 6.04 Å². The lowest BCUT2D eigenvalue weighted by atomic mass is 10.1. The molecule has 0 spiro atoms. The number of hydrogen-bond acceptors (Lipinski definition) is 2. The largest absolute Gasteiger partial charge is 0.481 e. The normalized spacial score (nSPS) is 11.9. The van der Waals surface area contributed by atoms with Gasteiger partial charge in [-0.25, -0.2) is 0 Å². The smallest absolute Gasteiger partial charge is 0.312 e. The third-order valence-corrected chi connectivity index (χ3v) is 2.84. The first-order valence-corrected chi connectivity index (χ1v) is 5.46. The van der Waals surface area contributed by atoms with Gasteiger partial charge in [-0.1, -0.05) is 29.8 Å². The lowest BCUT2D eigenvalue weighted by molar-refractivity contribution is -0.144. The van der Waals surface area contributed by atoms with E-state index in [1.165, 1.54) is 4.90 Å². The van der Waals surface area contributed by atoms with Gasteiger partial charge in [0, 0.05) is 7.05 Å². The first kappa shape index (κ1) is 13.2. The monoisotopic (exact) mass is 235 g/mol. The molecule has 0 aliphatic rings. The van der Waals surface area contributed by atoms with Crippen LogP contribution in [-0.4, -0.2) is 28.9 Å². The highest BCUT2D eigenvalue weighted by Crippen LogP contribution is 2.19. The maximum absolute atomic E-state index is 11.6. The Labute approximate surface area is 101 Å². The molecule has 0 bridgehead atoms. The lowest BCUT2D eigenvalue weighted by Crippen LogP contribution is -2.31. The quantitative estimate of drug-likeness (QED) is 0.812. The molecule has 0 aromatic heterocycles. The highest BCUT2D eigenvalue weighted by atomic mass is 16.4. The van der Waals surface area contributed by atoms with Crippen LogP contribution in [0, 0.1) is 6.92 Å². The average molecular weight is 235 g/mol. The minimum atomic E-state index is -1.10. The third-order valence-electron chi connectivity index (χ3n) is 2.84. The fourth-order valence-electron chi connectivity index (χ4n) is 1.54. The summed E-state index contributed by atoms with van der Waals surface area (Å²) in [6.45, 7) is 3.87. The van der Waals surface area contributed by atoms with Crippen molar-refractivity contribution in [3.05, 3.63) is 35.4 Å². The van der Waals surface area contributed by atoms with Gasteiger partial charge in [0.1, 0.15) is 6.42 Å². The zero-order valence-corrected chi connectivity index (χ0v) is 10.3. The van der Waals surface area contributed by atoms with Gasteiger partial charge >= 0.3 is 5.97 Å². The molecule has 1 amide bonds. The molecule has 1 aromatic rings. The molecule has 1 unspecified atom stereocenters. The third kappa shape index (κ3) is 3.59. The van der Waals surface area contributed by atoms with Crippen molar-refractivity contribution in [3.8, 4) is 0 Å². The molecule has 4 heteroatoms. The van der Waals surface area contributed by atoms with Crippen molar-refractivity contribution < 1.29 is 14.7 Å². The Bertz CT molecular complexity index is 411. The van der Waals surface area contributed by atoms with Crippen LogP contribution in [-0.2, 0) is 9.59 Å². The summed E-state index contributed by atoms with van der Waals surface area (Å²) in [4.78, 5) is 23.5. The van der Waals surface area contributed by atoms with Gasteiger partial charge < -0.3 is 10.0 Å². The Hall–Kier alpha value is -1.84. The number of rotatable bonds is 4. The predicted octanol–water partition coefficient (Wildman–Crippen LogP) is 1.99. The van der Waals surface area contributed by atoms with Crippen LogP contribution in [0.1, 0.15) is 30.5 Å². The van der Waals surface area contributed by atoms with E-state index in [0.717, 1.165) is 11.1 Å². The molecule has 1 rings (SSSR count). The van der Waals surface area contributed by atoms with Gasteiger partial charge in [0.15, 0.2) is 0 Å². The second-order valence-electron chi connectivity index (χ2n) is 4.16. The van der Waals surface area contributed by atoms with Gasteiger partial charge in [-0.15, -0.1) is 0 Å². The Morgan fingerprint density at radius 3 is 2.29 bits per heavy atom. The Balaban J connectivity index is 2.75. The molecular weight excluding hydrogens is 218 g/mol. The highest BCUT2D eigenvalue weighted by molar-refractivity contribution is 5.93. The van der Waals surface area contributed by atoms with Crippen LogP contribution >= 0.6 is 0 Å². The minimum absolute atomic E-state index is 0.123. The van der Waals surface area contributed by atoms with E-state index < -0.39 is 12.4 Å². The number of aryl methyl sites for hydroxylation is 1. The molecule has 0 heterocycles. The van der Waals surface area contributed by atoms with E-state index in [1.807, 2.05) is 38.1 Å². The second-order valence-corrected chi connectivity index (χ2v) is 4.16. The number of amides is 1. The fraction of sp³-hybridized carbons (Fsp3) is 0.385. The Morgan fingerprint density at radius 2 is 1.82 bits per heavy atom. The predicted molar refractivity (Wildman–Crippen MR) is 64.6 cm³/mol. The van der Waals surface area contributed by atoms with Crippen molar-refractivity contribution in [2.45, 2.75) is 26.3 Å². The summed E-state index contributed by atoms with van der Waals surface area (Å²) in [5.74, 6) is -1.48. The van der Waals surface area contributed by atoms with Crippen LogP contribution in [0.2, 0.25) is 0 Å². The van der Waals surface area contributed by atoms with Crippen LogP contribution < -0.4 is 0 Å². The van der Waals surface area contributed by atoms with E-state index in [1.54, 1.807) is 7.05 Å². The van der Waals surface area contributed by atoms with Crippen LogP contribution in [0.15, 0.2) is 24.3 Å². The molecule has 0 saturated carbocycles. The number of aliphatic carboxylic acids is 1. The summed E-state index contributed by atoms with van der Waals surface area (Å²) in [5.41, 5.74) is 2.15. The van der Waals surface area contributed by atoms with E-state index in [4.69, 9.17) is 5.11 Å². The molecular formula is C13H17NO3. The van der Waals surface area contributed by atoms with Gasteiger partial charge in [0.25, 0.3) is 0 Å². The molecule has 0 aliphatic heterocycles. The Morgan fingerprint density at radius 1 is 1.29 bits per heavy atom. The van der Waals surface area contributed by atoms with E-state index in [0.29, 0.717) is 0 Å². The molecule has 17 heavy (non-hydrogen) atoms. The number of carboxylic acids is 1. The van der Waals surface area contributed by atoms with E-state index in [2.05, 4.69) is 0 Å². The second kappa shape index (κ2) is 5.48. The van der Waals surface area contributed by atoms with Crippen molar-refractivity contribution in [1.82, 2.24) is 4.90 Å². The van der Waals surface area contributed by atoms with Gasteiger partial charge in [-0.3, -0.25) is 9.59 Å². The number of benzene rings is 1. The molecule has 92 valence electrons. The summed E-state index contributed by atoms with van der Waals surface area (Å²) >= 11 is 0. The maximum atomic E-state index is 11.6. The summed E-state index contributed by atoms with van der Waals surface area (Å²) in [6.07, 6.45) is -0.466. The van der Waals surface area contributed by atoms with Gasteiger partial charge in [-0.05, 0) is 19.4 Å².